The number of para-hydroxylation sites is 2. The van der Waals surface area contributed by atoms with Crippen LogP contribution >= 0.6 is 0 Å². The van der Waals surface area contributed by atoms with Crippen molar-refractivity contribution >= 4 is 17.5 Å². The molecular formula is C14H18N2O3. The van der Waals surface area contributed by atoms with Crippen LogP contribution in [0, 0.1) is 0 Å². The monoisotopic (exact) mass is 262 g/mol. The summed E-state index contributed by atoms with van der Waals surface area (Å²) in [5.41, 5.74) is 0.738. The Hall–Kier alpha value is -2.04. The molecule has 0 spiro atoms. The maximum atomic E-state index is 11.9. The Morgan fingerprint density at radius 3 is 3.00 bits per heavy atom. The van der Waals surface area contributed by atoms with Gasteiger partial charge in [0.25, 0.3) is 5.91 Å². The van der Waals surface area contributed by atoms with Crippen LogP contribution in [-0.2, 0) is 9.59 Å². The molecule has 0 atom stereocenters. The SMILES string of the molecule is CCCNC(=O)CCN1C(=O)COc2ccccc21. The van der Waals surface area contributed by atoms with E-state index in [1.54, 1.807) is 4.90 Å². The highest BCUT2D eigenvalue weighted by Gasteiger charge is 2.25. The third-order valence-electron chi connectivity index (χ3n) is 2.94. The van der Waals surface area contributed by atoms with Crippen LogP contribution in [0.1, 0.15) is 19.8 Å². The van der Waals surface area contributed by atoms with Crippen molar-refractivity contribution in [2.75, 3.05) is 24.6 Å². The lowest BCUT2D eigenvalue weighted by Crippen LogP contribution is -2.41. The Labute approximate surface area is 112 Å². The number of carbonyl (C=O) groups excluding carboxylic acids is 2. The molecule has 0 radical (unpaired) electrons. The number of benzene rings is 1. The van der Waals surface area contributed by atoms with E-state index in [1.165, 1.54) is 0 Å². The van der Waals surface area contributed by atoms with Gasteiger partial charge in [-0.3, -0.25) is 9.59 Å². The molecule has 0 saturated carbocycles. The summed E-state index contributed by atoms with van der Waals surface area (Å²) < 4.78 is 5.35. The molecule has 0 aromatic heterocycles. The summed E-state index contributed by atoms with van der Waals surface area (Å²) in [4.78, 5) is 25.1. The fourth-order valence-corrected chi connectivity index (χ4v) is 1.97. The zero-order valence-corrected chi connectivity index (χ0v) is 11.0. The lowest BCUT2D eigenvalue weighted by atomic mass is 10.2. The highest BCUT2D eigenvalue weighted by molar-refractivity contribution is 5.98. The minimum Gasteiger partial charge on any atom is -0.482 e. The van der Waals surface area contributed by atoms with Crippen LogP contribution in [0.25, 0.3) is 0 Å². The Kier molecular flexibility index (Phi) is 4.39. The number of hydrogen-bond donors (Lipinski definition) is 1. The van der Waals surface area contributed by atoms with E-state index < -0.39 is 0 Å². The maximum Gasteiger partial charge on any atom is 0.265 e. The molecule has 19 heavy (non-hydrogen) atoms. The Balaban J connectivity index is 1.99. The lowest BCUT2D eigenvalue weighted by molar-refractivity contribution is -0.122. The fourth-order valence-electron chi connectivity index (χ4n) is 1.97. The maximum absolute atomic E-state index is 11.9. The van der Waals surface area contributed by atoms with Gasteiger partial charge in [-0.25, -0.2) is 0 Å². The number of anilines is 1. The number of carbonyl (C=O) groups is 2. The van der Waals surface area contributed by atoms with Gasteiger partial charge in [-0.15, -0.1) is 0 Å². The van der Waals surface area contributed by atoms with Crippen molar-refractivity contribution in [3.63, 3.8) is 0 Å². The normalized spacial score (nSPS) is 13.7. The van der Waals surface area contributed by atoms with Crippen LogP contribution in [0.2, 0.25) is 0 Å². The van der Waals surface area contributed by atoms with Crippen molar-refractivity contribution in [1.82, 2.24) is 5.32 Å². The van der Waals surface area contributed by atoms with Gasteiger partial charge in [0.1, 0.15) is 5.75 Å². The molecule has 1 aromatic rings. The second-order valence-electron chi connectivity index (χ2n) is 4.40. The molecule has 5 heteroatoms. The van der Waals surface area contributed by atoms with Crippen LogP contribution in [0.4, 0.5) is 5.69 Å². The number of ether oxygens (including phenoxy) is 1. The summed E-state index contributed by atoms with van der Waals surface area (Å²) >= 11 is 0. The van der Waals surface area contributed by atoms with Gasteiger partial charge in [0, 0.05) is 19.5 Å². The molecular weight excluding hydrogens is 244 g/mol. The van der Waals surface area contributed by atoms with E-state index >= 15 is 0 Å². The first-order valence-electron chi connectivity index (χ1n) is 6.51. The van der Waals surface area contributed by atoms with Crippen LogP contribution in [0.5, 0.6) is 5.75 Å². The minimum atomic E-state index is -0.109. The summed E-state index contributed by atoms with van der Waals surface area (Å²) in [5, 5.41) is 2.80. The van der Waals surface area contributed by atoms with Crippen LogP contribution < -0.4 is 15.0 Å². The van der Waals surface area contributed by atoms with E-state index in [0.717, 1.165) is 12.1 Å². The van der Waals surface area contributed by atoms with Gasteiger partial charge >= 0.3 is 0 Å². The average Bonchev–Trinajstić information content (AvgIpc) is 2.44. The topological polar surface area (TPSA) is 58.6 Å². The van der Waals surface area contributed by atoms with Gasteiger partial charge in [-0.1, -0.05) is 19.1 Å². The largest absolute Gasteiger partial charge is 0.482 e. The molecule has 1 aliphatic heterocycles. The van der Waals surface area contributed by atoms with Crippen molar-refractivity contribution < 1.29 is 14.3 Å². The summed E-state index contributed by atoms with van der Waals surface area (Å²) in [6.45, 7) is 3.09. The Bertz CT molecular complexity index is 474. The van der Waals surface area contributed by atoms with Crippen molar-refractivity contribution in [3.05, 3.63) is 24.3 Å². The standard InChI is InChI=1S/C14H18N2O3/c1-2-8-15-13(17)7-9-16-11-5-3-4-6-12(11)19-10-14(16)18/h3-6H,2,7-10H2,1H3,(H,15,17). The molecule has 2 rings (SSSR count). The predicted octanol–water partition coefficient (Wildman–Crippen LogP) is 1.33. The molecule has 0 fully saturated rings. The first-order valence-corrected chi connectivity index (χ1v) is 6.51. The number of hydrogen-bond acceptors (Lipinski definition) is 3. The van der Waals surface area contributed by atoms with Crippen molar-refractivity contribution in [1.29, 1.82) is 0 Å². The highest BCUT2D eigenvalue weighted by atomic mass is 16.5. The highest BCUT2D eigenvalue weighted by Crippen LogP contribution is 2.31. The number of nitrogens with zero attached hydrogens (tertiary/aromatic N) is 1. The van der Waals surface area contributed by atoms with E-state index in [2.05, 4.69) is 5.32 Å². The van der Waals surface area contributed by atoms with Gasteiger partial charge in [-0.05, 0) is 18.6 Å². The zero-order chi connectivity index (χ0) is 13.7. The molecule has 5 nitrogen and oxygen atoms in total. The molecule has 1 N–H and O–H groups in total. The Morgan fingerprint density at radius 1 is 1.42 bits per heavy atom. The number of rotatable bonds is 5. The van der Waals surface area contributed by atoms with Crippen LogP contribution in [0.15, 0.2) is 24.3 Å². The van der Waals surface area contributed by atoms with E-state index in [-0.39, 0.29) is 18.4 Å². The lowest BCUT2D eigenvalue weighted by Gasteiger charge is -2.29. The van der Waals surface area contributed by atoms with Gasteiger partial charge in [0.05, 0.1) is 5.69 Å². The number of fused-ring (bicyclic) bond motifs is 1. The summed E-state index contributed by atoms with van der Waals surface area (Å²) in [6, 6.07) is 7.37. The molecule has 0 bridgehead atoms. The van der Waals surface area contributed by atoms with Gasteiger partial charge < -0.3 is 15.0 Å². The molecule has 1 aliphatic rings. The van der Waals surface area contributed by atoms with Crippen LogP contribution in [0.3, 0.4) is 0 Å². The first-order chi connectivity index (χ1) is 9.22. The molecule has 0 unspecified atom stereocenters. The van der Waals surface area contributed by atoms with Gasteiger partial charge in [-0.2, -0.15) is 0 Å². The molecule has 102 valence electrons. The first kappa shape index (κ1) is 13.4. The van der Waals surface area contributed by atoms with Crippen molar-refractivity contribution in [3.8, 4) is 5.75 Å². The second kappa shape index (κ2) is 6.22. The van der Waals surface area contributed by atoms with Gasteiger partial charge in [0.15, 0.2) is 6.61 Å². The van der Waals surface area contributed by atoms with E-state index in [4.69, 9.17) is 4.74 Å². The van der Waals surface area contributed by atoms with E-state index in [9.17, 15) is 9.59 Å². The quantitative estimate of drug-likeness (QED) is 0.871. The smallest absolute Gasteiger partial charge is 0.265 e. The van der Waals surface area contributed by atoms with Crippen molar-refractivity contribution in [2.45, 2.75) is 19.8 Å². The van der Waals surface area contributed by atoms with Gasteiger partial charge in [0.2, 0.25) is 5.91 Å². The fraction of sp³-hybridized carbons (Fsp3) is 0.429. The molecule has 0 saturated heterocycles. The Morgan fingerprint density at radius 2 is 2.21 bits per heavy atom. The van der Waals surface area contributed by atoms with Crippen LogP contribution in [-0.4, -0.2) is 31.5 Å². The average molecular weight is 262 g/mol. The minimum absolute atomic E-state index is 0.0291. The molecule has 0 aliphatic carbocycles. The second-order valence-corrected chi connectivity index (χ2v) is 4.40. The van der Waals surface area contributed by atoms with Crippen molar-refractivity contribution in [2.24, 2.45) is 0 Å². The van der Waals surface area contributed by atoms with E-state index in [0.29, 0.717) is 25.3 Å². The van der Waals surface area contributed by atoms with E-state index in [1.807, 2.05) is 31.2 Å². The third kappa shape index (κ3) is 3.24. The zero-order valence-electron chi connectivity index (χ0n) is 11.0. The molecule has 1 aromatic carbocycles. The molecule has 1 heterocycles. The summed E-state index contributed by atoms with van der Waals surface area (Å²) in [7, 11) is 0. The summed E-state index contributed by atoms with van der Waals surface area (Å²) in [5.74, 6) is 0.552. The summed E-state index contributed by atoms with van der Waals surface area (Å²) in [6.07, 6.45) is 1.21. The number of amides is 2. The molecule has 2 amide bonds. The predicted molar refractivity (Wildman–Crippen MR) is 72.2 cm³/mol. The third-order valence-corrected chi connectivity index (χ3v) is 2.94. The number of nitrogens with one attached hydrogen (secondary N) is 1.